The van der Waals surface area contributed by atoms with E-state index < -0.39 is 0 Å². The quantitative estimate of drug-likeness (QED) is 0.336. The summed E-state index contributed by atoms with van der Waals surface area (Å²) < 4.78 is 11.1. The summed E-state index contributed by atoms with van der Waals surface area (Å²) in [6.45, 7) is 10.7. The van der Waals surface area contributed by atoms with Gasteiger partial charge in [0.15, 0.2) is 0 Å². The molecule has 6 rings (SSSR count). The van der Waals surface area contributed by atoms with Crippen LogP contribution in [0, 0.1) is 47.3 Å². The molecule has 10 unspecified atom stereocenters. The molecule has 4 nitrogen and oxygen atoms in total. The first kappa shape index (κ1) is 21.7. The lowest BCUT2D eigenvalue weighted by Crippen LogP contribution is -2.32. The van der Waals surface area contributed by atoms with Crippen LogP contribution in [-0.2, 0) is 19.1 Å². The minimum atomic E-state index is -0.212. The molecule has 0 amide bonds. The lowest BCUT2D eigenvalue weighted by Gasteiger charge is -2.31. The van der Waals surface area contributed by atoms with E-state index in [2.05, 4.69) is 37.5 Å². The lowest BCUT2D eigenvalue weighted by molar-refractivity contribution is -0.148. The van der Waals surface area contributed by atoms with Crippen LogP contribution in [-0.4, -0.2) is 24.1 Å². The summed E-state index contributed by atoms with van der Waals surface area (Å²) >= 11 is 0. The molecular formula is C28H36O4. The average Bonchev–Trinajstić information content (AvgIpc) is 3.55. The predicted octanol–water partition coefficient (Wildman–Crippen LogP) is 5.41. The number of esters is 2. The molecule has 10 atom stereocenters. The summed E-state index contributed by atoms with van der Waals surface area (Å²) in [6.07, 6.45) is 16.7. The summed E-state index contributed by atoms with van der Waals surface area (Å²) in [5.41, 5.74) is 1.03. The smallest absolute Gasteiger partial charge is 0.333 e. The molecule has 4 saturated carbocycles. The van der Waals surface area contributed by atoms with E-state index >= 15 is 0 Å². The van der Waals surface area contributed by atoms with E-state index in [9.17, 15) is 9.59 Å². The van der Waals surface area contributed by atoms with Crippen molar-refractivity contribution in [3.8, 4) is 0 Å². The summed E-state index contributed by atoms with van der Waals surface area (Å²) in [7, 11) is 0. The Balaban J connectivity index is 0.000000135. The van der Waals surface area contributed by atoms with Crippen molar-refractivity contribution >= 4 is 11.9 Å². The Labute approximate surface area is 191 Å². The Morgan fingerprint density at radius 1 is 0.688 bits per heavy atom. The highest BCUT2D eigenvalue weighted by Gasteiger charge is 2.54. The third-order valence-corrected chi connectivity index (χ3v) is 9.10. The van der Waals surface area contributed by atoms with Crippen molar-refractivity contribution in [3.63, 3.8) is 0 Å². The van der Waals surface area contributed by atoms with Crippen LogP contribution in [0.3, 0.4) is 0 Å². The van der Waals surface area contributed by atoms with Crippen molar-refractivity contribution in [3.05, 3.63) is 48.6 Å². The Morgan fingerprint density at radius 2 is 1.22 bits per heavy atom. The van der Waals surface area contributed by atoms with Gasteiger partial charge < -0.3 is 9.47 Å². The second kappa shape index (κ2) is 8.35. The largest absolute Gasteiger partial charge is 0.459 e. The van der Waals surface area contributed by atoms with E-state index in [0.717, 1.165) is 42.4 Å². The maximum atomic E-state index is 11.5. The number of hydrogen-bond donors (Lipinski definition) is 0. The molecule has 4 heteroatoms. The second-order valence-corrected chi connectivity index (χ2v) is 11.0. The van der Waals surface area contributed by atoms with Crippen LogP contribution in [0.5, 0.6) is 0 Å². The lowest BCUT2D eigenvalue weighted by atomic mass is 9.80. The first-order valence-electron chi connectivity index (χ1n) is 12.4. The standard InChI is InChI=1S/2C14H18O2/c2*1-8(2)14(15)16-13-7-9-6-12(13)11-5-3-4-10(9)11/h3,5,9-13H,1,4,6-7H2,2H3;3-4,9-13H,1,5-7H2,2H3. The molecule has 6 aliphatic rings. The van der Waals surface area contributed by atoms with Gasteiger partial charge in [0.25, 0.3) is 0 Å². The van der Waals surface area contributed by atoms with E-state index in [1.54, 1.807) is 13.8 Å². The molecule has 0 saturated heterocycles. The van der Waals surface area contributed by atoms with E-state index in [4.69, 9.17) is 9.47 Å². The van der Waals surface area contributed by atoms with Crippen molar-refractivity contribution in [2.75, 3.05) is 0 Å². The summed E-state index contributed by atoms with van der Waals surface area (Å²) in [5, 5.41) is 0. The Morgan fingerprint density at radius 3 is 1.88 bits per heavy atom. The SMILES string of the molecule is C=C(C)C(=O)OC1CC2CC1C1C=CCC21.C=C(C)C(=O)OC1CC2CC1C1CC=CC21. The van der Waals surface area contributed by atoms with Crippen LogP contribution in [0.4, 0.5) is 0 Å². The number of fused-ring (bicyclic) bond motifs is 10. The van der Waals surface area contributed by atoms with E-state index in [-0.39, 0.29) is 24.1 Å². The molecule has 0 heterocycles. The maximum absolute atomic E-state index is 11.5. The molecule has 4 fully saturated rings. The fourth-order valence-electron chi connectivity index (χ4n) is 7.73. The molecule has 0 aromatic heterocycles. The fraction of sp³-hybridized carbons (Fsp3) is 0.643. The van der Waals surface area contributed by atoms with Crippen LogP contribution in [0.15, 0.2) is 48.6 Å². The zero-order valence-corrected chi connectivity index (χ0v) is 19.4. The number of carbonyl (C=O) groups excluding carboxylic acids is 2. The maximum Gasteiger partial charge on any atom is 0.333 e. The van der Waals surface area contributed by atoms with Crippen molar-refractivity contribution in [2.24, 2.45) is 47.3 Å². The van der Waals surface area contributed by atoms with Crippen LogP contribution < -0.4 is 0 Å². The Kier molecular flexibility index (Phi) is 5.67. The molecule has 0 aliphatic heterocycles. The van der Waals surface area contributed by atoms with E-state index in [0.29, 0.717) is 28.9 Å². The van der Waals surface area contributed by atoms with Gasteiger partial charge in [-0.05, 0) is 93.8 Å². The van der Waals surface area contributed by atoms with E-state index in [1.807, 2.05) is 0 Å². The van der Waals surface area contributed by atoms with Crippen LogP contribution in [0.1, 0.15) is 52.4 Å². The molecule has 172 valence electrons. The molecule has 0 aromatic rings. The topological polar surface area (TPSA) is 52.6 Å². The van der Waals surface area contributed by atoms with Crippen LogP contribution >= 0.6 is 0 Å². The first-order chi connectivity index (χ1) is 15.3. The van der Waals surface area contributed by atoms with Crippen molar-refractivity contribution in [2.45, 2.75) is 64.6 Å². The monoisotopic (exact) mass is 436 g/mol. The van der Waals surface area contributed by atoms with Crippen molar-refractivity contribution < 1.29 is 19.1 Å². The number of ether oxygens (including phenoxy) is 2. The normalized spacial score (nSPS) is 43.4. The van der Waals surface area contributed by atoms with Gasteiger partial charge in [-0.1, -0.05) is 37.5 Å². The molecule has 0 aromatic carbocycles. The Hall–Kier alpha value is -2.10. The zero-order valence-electron chi connectivity index (χ0n) is 19.4. The van der Waals surface area contributed by atoms with Crippen molar-refractivity contribution in [1.82, 2.24) is 0 Å². The molecule has 0 spiro atoms. The number of rotatable bonds is 4. The minimum absolute atomic E-state index is 0.151. The van der Waals surface area contributed by atoms with Crippen LogP contribution in [0.25, 0.3) is 0 Å². The van der Waals surface area contributed by atoms with Gasteiger partial charge in [0.05, 0.1) is 0 Å². The minimum Gasteiger partial charge on any atom is -0.459 e. The first-order valence-corrected chi connectivity index (χ1v) is 12.4. The molecule has 6 aliphatic carbocycles. The molecular weight excluding hydrogens is 400 g/mol. The van der Waals surface area contributed by atoms with Gasteiger partial charge in [0, 0.05) is 17.1 Å². The Bertz CT molecular complexity index is 882. The third-order valence-electron chi connectivity index (χ3n) is 9.10. The second-order valence-electron chi connectivity index (χ2n) is 11.0. The average molecular weight is 437 g/mol. The van der Waals surface area contributed by atoms with Crippen molar-refractivity contribution in [1.29, 1.82) is 0 Å². The van der Waals surface area contributed by atoms with Gasteiger partial charge in [-0.15, -0.1) is 0 Å². The summed E-state index contributed by atoms with van der Waals surface area (Å²) in [5.74, 6) is 5.38. The zero-order chi connectivity index (χ0) is 22.6. The molecule has 4 bridgehead atoms. The van der Waals surface area contributed by atoms with Gasteiger partial charge in [-0.25, -0.2) is 9.59 Å². The molecule has 0 radical (unpaired) electrons. The number of hydrogen-bond acceptors (Lipinski definition) is 4. The van der Waals surface area contributed by atoms with Gasteiger partial charge in [0.2, 0.25) is 0 Å². The highest BCUT2D eigenvalue weighted by Crippen LogP contribution is 2.58. The fourth-order valence-corrected chi connectivity index (χ4v) is 7.73. The molecule has 32 heavy (non-hydrogen) atoms. The van der Waals surface area contributed by atoms with Crippen LogP contribution in [0.2, 0.25) is 0 Å². The predicted molar refractivity (Wildman–Crippen MR) is 123 cm³/mol. The number of allylic oxidation sites excluding steroid dienone is 4. The highest BCUT2D eigenvalue weighted by atomic mass is 16.5. The third kappa shape index (κ3) is 3.70. The van der Waals surface area contributed by atoms with Gasteiger partial charge in [-0.2, -0.15) is 0 Å². The molecule has 0 N–H and O–H groups in total. The van der Waals surface area contributed by atoms with Gasteiger partial charge in [-0.3, -0.25) is 0 Å². The highest BCUT2D eigenvalue weighted by molar-refractivity contribution is 5.87. The summed E-state index contributed by atoms with van der Waals surface area (Å²) in [4.78, 5) is 23.1. The summed E-state index contributed by atoms with van der Waals surface area (Å²) in [6, 6.07) is 0. The number of carbonyl (C=O) groups is 2. The van der Waals surface area contributed by atoms with Gasteiger partial charge in [0.1, 0.15) is 12.2 Å². The van der Waals surface area contributed by atoms with Gasteiger partial charge >= 0.3 is 11.9 Å². The van der Waals surface area contributed by atoms with E-state index in [1.165, 1.54) is 25.7 Å².